The molecule has 0 spiro atoms. The molecule has 4 rings (SSSR count). The van der Waals surface area contributed by atoms with Crippen LogP contribution in [0.2, 0.25) is 0 Å². The summed E-state index contributed by atoms with van der Waals surface area (Å²) in [6.45, 7) is 17.3. The molecule has 0 saturated heterocycles. The third-order valence-electron chi connectivity index (χ3n) is 14.6. The molecule has 4 aliphatic rings. The molecule has 286 valence electrons. The standard InChI is InChI=1S/C49H78O2/c1-8-9-10-11-12-13-14-15-16-17-18-19-20-21-22-23-24-25-26-47(50)51-42-33-35-48(6)41(37-42)29-30-43-45-32-31-44(49(45,7)36-34-46(43)48)40(5)28-27-39(4)38(2)3/h10-19,29,38-40,42-46H,8-9,20-28,30-37H2,1-7H3/b11-10+,13-12+,15-14+,17-16+,19-18+. The SMILES string of the molecule is CCC/C=C/C=C/C=C/C=C/C=C/CCCCCCCC(=O)OC1CCC2(C)C(=CCC3C2CCC2(C)C(C(C)CCC(C)C(C)C)CCC32)C1. The number of hydrogen-bond donors (Lipinski definition) is 0. The van der Waals surface area contributed by atoms with E-state index in [1.54, 1.807) is 5.57 Å². The van der Waals surface area contributed by atoms with Gasteiger partial charge in [-0.25, -0.2) is 0 Å². The van der Waals surface area contributed by atoms with E-state index in [1.165, 1.54) is 77.0 Å². The van der Waals surface area contributed by atoms with E-state index in [0.717, 1.165) is 80.0 Å². The molecule has 51 heavy (non-hydrogen) atoms. The Balaban J connectivity index is 1.11. The van der Waals surface area contributed by atoms with E-state index in [4.69, 9.17) is 4.74 Å². The van der Waals surface area contributed by atoms with Gasteiger partial charge in [0.2, 0.25) is 0 Å². The van der Waals surface area contributed by atoms with Gasteiger partial charge in [-0.05, 0) is 123 Å². The lowest BCUT2D eigenvalue weighted by atomic mass is 9.47. The number of fused-ring (bicyclic) bond motifs is 5. The van der Waals surface area contributed by atoms with E-state index in [9.17, 15) is 4.79 Å². The second kappa shape index (κ2) is 21.0. The van der Waals surface area contributed by atoms with Crippen molar-refractivity contribution in [3.8, 4) is 0 Å². The molecule has 2 heteroatoms. The van der Waals surface area contributed by atoms with Crippen LogP contribution in [0.15, 0.2) is 72.4 Å². The number of unbranched alkanes of at least 4 members (excludes halogenated alkanes) is 6. The molecule has 0 aromatic heterocycles. The molecule has 0 aromatic carbocycles. The molecule has 0 heterocycles. The Labute approximate surface area is 315 Å². The number of ether oxygens (including phenoxy) is 1. The number of allylic oxidation sites excluding steroid dienone is 11. The Morgan fingerprint density at radius 2 is 1.45 bits per heavy atom. The van der Waals surface area contributed by atoms with Crippen LogP contribution in [0.5, 0.6) is 0 Å². The molecular formula is C49H78O2. The molecule has 3 fully saturated rings. The topological polar surface area (TPSA) is 26.3 Å². The van der Waals surface area contributed by atoms with Crippen molar-refractivity contribution in [1.29, 1.82) is 0 Å². The first-order valence-corrected chi connectivity index (χ1v) is 21.8. The molecule has 0 radical (unpaired) electrons. The first kappa shape index (κ1) is 41.7. The van der Waals surface area contributed by atoms with Gasteiger partial charge in [-0.2, -0.15) is 0 Å². The molecule has 9 unspecified atom stereocenters. The summed E-state index contributed by atoms with van der Waals surface area (Å²) in [5.41, 5.74) is 2.48. The Hall–Kier alpha value is -2.09. The molecule has 3 saturated carbocycles. The van der Waals surface area contributed by atoms with E-state index in [1.807, 2.05) is 0 Å². The van der Waals surface area contributed by atoms with Crippen LogP contribution in [-0.2, 0) is 9.53 Å². The van der Waals surface area contributed by atoms with Crippen LogP contribution in [0, 0.1) is 52.3 Å². The van der Waals surface area contributed by atoms with Gasteiger partial charge in [0.1, 0.15) is 6.10 Å². The fourth-order valence-electron chi connectivity index (χ4n) is 11.0. The summed E-state index contributed by atoms with van der Waals surface area (Å²) >= 11 is 0. The monoisotopic (exact) mass is 699 g/mol. The Morgan fingerprint density at radius 3 is 2.16 bits per heavy atom. The van der Waals surface area contributed by atoms with Crippen molar-refractivity contribution < 1.29 is 9.53 Å². The zero-order chi connectivity index (χ0) is 36.7. The second-order valence-corrected chi connectivity index (χ2v) is 18.2. The quantitative estimate of drug-likeness (QED) is 0.0547. The average Bonchev–Trinajstić information content (AvgIpc) is 3.47. The molecule has 0 bridgehead atoms. The highest BCUT2D eigenvalue weighted by Gasteiger charge is 2.59. The summed E-state index contributed by atoms with van der Waals surface area (Å²) in [6, 6.07) is 0. The summed E-state index contributed by atoms with van der Waals surface area (Å²) in [5.74, 6) is 6.01. The zero-order valence-electron chi connectivity index (χ0n) is 34.2. The van der Waals surface area contributed by atoms with Gasteiger partial charge in [0.25, 0.3) is 0 Å². The maximum absolute atomic E-state index is 12.8. The predicted molar refractivity (Wildman–Crippen MR) is 220 cm³/mol. The van der Waals surface area contributed by atoms with Gasteiger partial charge >= 0.3 is 5.97 Å². The van der Waals surface area contributed by atoms with Gasteiger partial charge in [-0.3, -0.25) is 4.79 Å². The number of hydrogen-bond acceptors (Lipinski definition) is 2. The second-order valence-electron chi connectivity index (χ2n) is 18.2. The number of carbonyl (C=O) groups is 1. The molecule has 9 atom stereocenters. The smallest absolute Gasteiger partial charge is 0.306 e. The van der Waals surface area contributed by atoms with Gasteiger partial charge in [0.05, 0.1) is 0 Å². The molecule has 0 aliphatic heterocycles. The van der Waals surface area contributed by atoms with Gasteiger partial charge in [0.15, 0.2) is 0 Å². The lowest BCUT2D eigenvalue weighted by Crippen LogP contribution is -2.51. The summed E-state index contributed by atoms with van der Waals surface area (Å²) in [7, 11) is 0. The summed E-state index contributed by atoms with van der Waals surface area (Å²) in [6.07, 6.45) is 46.7. The third kappa shape index (κ3) is 11.7. The minimum atomic E-state index is 0.0347. The molecule has 0 N–H and O–H groups in total. The minimum absolute atomic E-state index is 0.0347. The first-order chi connectivity index (χ1) is 24.6. The van der Waals surface area contributed by atoms with Gasteiger partial charge < -0.3 is 4.74 Å². The number of carbonyl (C=O) groups excluding carboxylic acids is 1. The number of esters is 1. The van der Waals surface area contributed by atoms with Crippen molar-refractivity contribution in [1.82, 2.24) is 0 Å². The minimum Gasteiger partial charge on any atom is -0.462 e. The van der Waals surface area contributed by atoms with Crippen molar-refractivity contribution in [3.05, 3.63) is 72.4 Å². The Bertz CT molecular complexity index is 1230. The van der Waals surface area contributed by atoms with Gasteiger partial charge in [-0.1, -0.05) is 159 Å². The van der Waals surface area contributed by atoms with Gasteiger partial charge in [0, 0.05) is 12.8 Å². The summed E-state index contributed by atoms with van der Waals surface area (Å²) in [5, 5.41) is 0. The van der Waals surface area contributed by atoms with Crippen molar-refractivity contribution in [3.63, 3.8) is 0 Å². The van der Waals surface area contributed by atoms with Crippen LogP contribution in [0.4, 0.5) is 0 Å². The van der Waals surface area contributed by atoms with E-state index >= 15 is 0 Å². The summed E-state index contributed by atoms with van der Waals surface area (Å²) < 4.78 is 6.13. The molecular weight excluding hydrogens is 621 g/mol. The van der Waals surface area contributed by atoms with Crippen molar-refractivity contribution in [2.75, 3.05) is 0 Å². The molecule has 0 amide bonds. The van der Waals surface area contributed by atoms with Crippen LogP contribution in [-0.4, -0.2) is 12.1 Å². The maximum atomic E-state index is 12.8. The van der Waals surface area contributed by atoms with E-state index in [-0.39, 0.29) is 12.1 Å². The van der Waals surface area contributed by atoms with Crippen LogP contribution >= 0.6 is 0 Å². The zero-order valence-corrected chi connectivity index (χ0v) is 34.2. The molecule has 2 nitrogen and oxygen atoms in total. The molecule has 4 aliphatic carbocycles. The lowest BCUT2D eigenvalue weighted by Gasteiger charge is -2.58. The highest BCUT2D eigenvalue weighted by Crippen LogP contribution is 2.67. The van der Waals surface area contributed by atoms with E-state index in [0.29, 0.717) is 17.3 Å². The van der Waals surface area contributed by atoms with Crippen molar-refractivity contribution in [2.24, 2.45) is 52.3 Å². The highest BCUT2D eigenvalue weighted by atomic mass is 16.5. The maximum Gasteiger partial charge on any atom is 0.306 e. The normalized spacial score (nSPS) is 32.2. The fourth-order valence-corrected chi connectivity index (χ4v) is 11.0. The van der Waals surface area contributed by atoms with Crippen molar-refractivity contribution >= 4 is 5.97 Å². The van der Waals surface area contributed by atoms with Crippen LogP contribution in [0.3, 0.4) is 0 Å². The molecule has 0 aromatic rings. The van der Waals surface area contributed by atoms with Crippen LogP contribution in [0.25, 0.3) is 0 Å². The average molecular weight is 699 g/mol. The third-order valence-corrected chi connectivity index (χ3v) is 14.6. The lowest BCUT2D eigenvalue weighted by molar-refractivity contribution is -0.151. The fraction of sp³-hybridized carbons (Fsp3) is 0.735. The Morgan fingerprint density at radius 1 is 0.784 bits per heavy atom. The highest BCUT2D eigenvalue weighted by molar-refractivity contribution is 5.69. The van der Waals surface area contributed by atoms with Gasteiger partial charge in [-0.15, -0.1) is 0 Å². The Kier molecular flexibility index (Phi) is 17.1. The largest absolute Gasteiger partial charge is 0.462 e. The van der Waals surface area contributed by atoms with E-state index < -0.39 is 0 Å². The van der Waals surface area contributed by atoms with Crippen LogP contribution < -0.4 is 0 Å². The summed E-state index contributed by atoms with van der Waals surface area (Å²) in [4.78, 5) is 12.8. The van der Waals surface area contributed by atoms with Crippen molar-refractivity contribution in [2.45, 2.75) is 177 Å². The first-order valence-electron chi connectivity index (χ1n) is 21.8. The predicted octanol–water partition coefficient (Wildman–Crippen LogP) is 14.5. The number of rotatable bonds is 20. The van der Waals surface area contributed by atoms with E-state index in [2.05, 4.69) is 115 Å². The van der Waals surface area contributed by atoms with Crippen LogP contribution in [0.1, 0.15) is 170 Å².